The van der Waals surface area contributed by atoms with Crippen molar-refractivity contribution in [2.45, 2.75) is 32.3 Å². The first-order chi connectivity index (χ1) is 10.0. The molecular weight excluding hydrogens is 278 g/mol. The Morgan fingerprint density at radius 1 is 1.38 bits per heavy atom. The fourth-order valence-electron chi connectivity index (χ4n) is 2.03. The minimum absolute atomic E-state index is 0.0562. The van der Waals surface area contributed by atoms with Crippen molar-refractivity contribution in [3.8, 4) is 0 Å². The first-order valence-corrected chi connectivity index (χ1v) is 7.14. The molecule has 1 atom stereocenters. The number of urea groups is 1. The molecule has 0 aromatic rings. The van der Waals surface area contributed by atoms with Gasteiger partial charge >= 0.3 is 12.0 Å². The van der Waals surface area contributed by atoms with Gasteiger partial charge in [-0.3, -0.25) is 19.8 Å². The molecule has 1 unspecified atom stereocenters. The summed E-state index contributed by atoms with van der Waals surface area (Å²) in [6.45, 7) is 3.90. The lowest BCUT2D eigenvalue weighted by Gasteiger charge is -2.31. The van der Waals surface area contributed by atoms with E-state index in [0.717, 1.165) is 12.8 Å². The van der Waals surface area contributed by atoms with Crippen LogP contribution >= 0.6 is 0 Å². The largest absolute Gasteiger partial charge is 0.481 e. The van der Waals surface area contributed by atoms with Gasteiger partial charge in [-0.05, 0) is 6.42 Å². The van der Waals surface area contributed by atoms with Crippen LogP contribution in [0.1, 0.15) is 26.2 Å². The number of carboxylic acids is 1. The van der Waals surface area contributed by atoms with Crippen molar-refractivity contribution in [1.29, 1.82) is 0 Å². The van der Waals surface area contributed by atoms with Crippen LogP contribution in [-0.2, 0) is 14.3 Å². The lowest BCUT2D eigenvalue weighted by Crippen LogP contribution is -2.49. The molecule has 0 spiro atoms. The smallest absolute Gasteiger partial charge is 0.321 e. The number of nitrogens with zero attached hydrogens (tertiary/aromatic N) is 1. The number of morpholine rings is 1. The third kappa shape index (κ3) is 7.62. The number of rotatable bonds is 7. The highest BCUT2D eigenvalue weighted by atomic mass is 16.5. The quantitative estimate of drug-likeness (QED) is 0.561. The SMILES string of the molecule is CCCCNC(=O)NC(=O)CN1CCOC(CC(=O)O)C1. The van der Waals surface area contributed by atoms with Gasteiger partial charge in [0.25, 0.3) is 0 Å². The van der Waals surface area contributed by atoms with Crippen molar-refractivity contribution >= 4 is 17.9 Å². The molecule has 1 aliphatic rings. The Bertz CT molecular complexity index is 375. The summed E-state index contributed by atoms with van der Waals surface area (Å²) in [6, 6.07) is -0.496. The van der Waals surface area contributed by atoms with Gasteiger partial charge in [-0.25, -0.2) is 4.79 Å². The Balaban J connectivity index is 2.26. The summed E-state index contributed by atoms with van der Waals surface area (Å²) in [5, 5.41) is 13.6. The zero-order valence-electron chi connectivity index (χ0n) is 12.3. The van der Waals surface area contributed by atoms with Crippen molar-refractivity contribution < 1.29 is 24.2 Å². The molecule has 120 valence electrons. The molecule has 0 aliphatic carbocycles. The van der Waals surface area contributed by atoms with E-state index in [9.17, 15) is 14.4 Å². The van der Waals surface area contributed by atoms with Gasteiger partial charge in [0.15, 0.2) is 0 Å². The van der Waals surface area contributed by atoms with Crippen LogP contribution in [0.5, 0.6) is 0 Å². The van der Waals surface area contributed by atoms with Crippen LogP contribution in [0.3, 0.4) is 0 Å². The highest BCUT2D eigenvalue weighted by Crippen LogP contribution is 2.08. The molecular formula is C13H23N3O5. The number of hydrogen-bond acceptors (Lipinski definition) is 5. The monoisotopic (exact) mass is 301 g/mol. The molecule has 21 heavy (non-hydrogen) atoms. The molecule has 1 fully saturated rings. The van der Waals surface area contributed by atoms with Gasteiger partial charge in [-0.1, -0.05) is 13.3 Å². The van der Waals surface area contributed by atoms with Crippen molar-refractivity contribution in [3.05, 3.63) is 0 Å². The number of amides is 3. The maximum Gasteiger partial charge on any atom is 0.321 e. The number of carbonyl (C=O) groups excluding carboxylic acids is 2. The van der Waals surface area contributed by atoms with Gasteiger partial charge in [0.2, 0.25) is 5.91 Å². The van der Waals surface area contributed by atoms with Crippen LogP contribution in [0.15, 0.2) is 0 Å². The van der Waals surface area contributed by atoms with Gasteiger partial charge in [0.1, 0.15) is 0 Å². The van der Waals surface area contributed by atoms with Crippen LogP contribution in [-0.4, -0.2) is 66.8 Å². The molecule has 0 radical (unpaired) electrons. The van der Waals surface area contributed by atoms with Gasteiger partial charge in [-0.15, -0.1) is 0 Å². The summed E-state index contributed by atoms with van der Waals surface area (Å²) in [5.41, 5.74) is 0. The van der Waals surface area contributed by atoms with E-state index in [1.807, 2.05) is 6.92 Å². The van der Waals surface area contributed by atoms with Crippen molar-refractivity contribution in [2.24, 2.45) is 0 Å². The third-order valence-electron chi connectivity index (χ3n) is 3.06. The van der Waals surface area contributed by atoms with Crippen molar-refractivity contribution in [2.75, 3.05) is 32.8 Å². The molecule has 0 aromatic heterocycles. The summed E-state index contributed by atoms with van der Waals surface area (Å²) in [4.78, 5) is 35.5. The van der Waals surface area contributed by atoms with E-state index < -0.39 is 24.0 Å². The van der Waals surface area contributed by atoms with E-state index in [1.54, 1.807) is 4.90 Å². The summed E-state index contributed by atoms with van der Waals surface area (Å²) in [5.74, 6) is -1.33. The summed E-state index contributed by atoms with van der Waals surface area (Å²) in [7, 11) is 0. The molecule has 0 saturated carbocycles. The van der Waals surface area contributed by atoms with Gasteiger partial charge < -0.3 is 15.2 Å². The van der Waals surface area contributed by atoms with E-state index in [1.165, 1.54) is 0 Å². The van der Waals surface area contributed by atoms with Crippen molar-refractivity contribution in [3.63, 3.8) is 0 Å². The number of ether oxygens (including phenoxy) is 1. The molecule has 8 nitrogen and oxygen atoms in total. The third-order valence-corrected chi connectivity index (χ3v) is 3.06. The predicted octanol–water partition coefficient (Wildman–Crippen LogP) is -0.212. The molecule has 1 heterocycles. The Hall–Kier alpha value is -1.67. The number of unbranched alkanes of at least 4 members (excludes halogenated alkanes) is 1. The number of carboxylic acid groups (broad SMARTS) is 1. The Morgan fingerprint density at radius 3 is 2.81 bits per heavy atom. The lowest BCUT2D eigenvalue weighted by atomic mass is 10.2. The molecule has 8 heteroatoms. The molecule has 0 bridgehead atoms. The average molecular weight is 301 g/mol. The standard InChI is InChI=1S/C13H23N3O5/c1-2-3-4-14-13(20)15-11(17)9-16-5-6-21-10(8-16)7-12(18)19/h10H,2-9H2,1H3,(H,18,19)(H2,14,15,17,20). The molecule has 3 amide bonds. The maximum absolute atomic E-state index is 11.7. The first-order valence-electron chi connectivity index (χ1n) is 7.14. The minimum atomic E-state index is -0.929. The fourth-order valence-corrected chi connectivity index (χ4v) is 2.03. The highest BCUT2D eigenvalue weighted by molar-refractivity contribution is 5.95. The molecule has 1 saturated heterocycles. The van der Waals surface area contributed by atoms with E-state index in [2.05, 4.69) is 10.6 Å². The van der Waals surface area contributed by atoms with Crippen LogP contribution in [0, 0.1) is 0 Å². The van der Waals surface area contributed by atoms with E-state index in [4.69, 9.17) is 9.84 Å². The zero-order chi connectivity index (χ0) is 15.7. The van der Waals surface area contributed by atoms with Crippen LogP contribution in [0.4, 0.5) is 4.79 Å². The van der Waals surface area contributed by atoms with Gasteiger partial charge in [0, 0.05) is 19.6 Å². The normalized spacial score (nSPS) is 19.0. The molecule has 0 aromatic carbocycles. The van der Waals surface area contributed by atoms with E-state index >= 15 is 0 Å². The molecule has 1 rings (SSSR count). The summed E-state index contributed by atoms with van der Waals surface area (Å²) >= 11 is 0. The summed E-state index contributed by atoms with van der Waals surface area (Å²) < 4.78 is 5.31. The zero-order valence-corrected chi connectivity index (χ0v) is 12.3. The Labute approximate surface area is 123 Å². The lowest BCUT2D eigenvalue weighted by molar-refractivity contribution is -0.142. The van der Waals surface area contributed by atoms with Gasteiger partial charge in [-0.2, -0.15) is 0 Å². The van der Waals surface area contributed by atoms with Gasteiger partial charge in [0.05, 0.1) is 25.7 Å². The topological polar surface area (TPSA) is 108 Å². The van der Waals surface area contributed by atoms with E-state index in [0.29, 0.717) is 26.2 Å². The number of imide groups is 1. The number of hydrogen-bond donors (Lipinski definition) is 3. The van der Waals surface area contributed by atoms with Crippen LogP contribution < -0.4 is 10.6 Å². The van der Waals surface area contributed by atoms with E-state index in [-0.39, 0.29) is 13.0 Å². The Morgan fingerprint density at radius 2 is 2.14 bits per heavy atom. The number of carbonyl (C=O) groups is 3. The second-order valence-electron chi connectivity index (χ2n) is 4.98. The highest BCUT2D eigenvalue weighted by Gasteiger charge is 2.24. The minimum Gasteiger partial charge on any atom is -0.481 e. The second kappa shape index (κ2) is 9.30. The van der Waals surface area contributed by atoms with Crippen LogP contribution in [0.2, 0.25) is 0 Å². The Kier molecular flexibility index (Phi) is 7.70. The fraction of sp³-hybridized carbons (Fsp3) is 0.769. The predicted molar refractivity (Wildman–Crippen MR) is 74.9 cm³/mol. The second-order valence-corrected chi connectivity index (χ2v) is 4.98. The first kappa shape index (κ1) is 17.4. The maximum atomic E-state index is 11.7. The van der Waals surface area contributed by atoms with Crippen LogP contribution in [0.25, 0.3) is 0 Å². The summed E-state index contributed by atoms with van der Waals surface area (Å²) in [6.07, 6.45) is 1.33. The molecule has 3 N–H and O–H groups in total. The number of nitrogens with one attached hydrogen (secondary N) is 2. The number of aliphatic carboxylic acids is 1. The van der Waals surface area contributed by atoms with Crippen molar-refractivity contribution in [1.82, 2.24) is 15.5 Å². The molecule has 1 aliphatic heterocycles. The average Bonchev–Trinajstić information content (AvgIpc) is 2.38.